The van der Waals surface area contributed by atoms with Crippen LogP contribution in [0.4, 0.5) is 0 Å². The van der Waals surface area contributed by atoms with Gasteiger partial charge in [0.05, 0.1) is 32.0 Å². The molecule has 61 heavy (non-hydrogen) atoms. The summed E-state index contributed by atoms with van der Waals surface area (Å²) in [7, 11) is -5.12. The molecular weight excluding hydrogens is 810 g/mol. The van der Waals surface area contributed by atoms with Crippen molar-refractivity contribution in [3.63, 3.8) is 0 Å². The van der Waals surface area contributed by atoms with E-state index in [0.29, 0.717) is 6.42 Å². The SMILES string of the molecule is CCCCCCCCCCCCC/C=C/[C@@H](OCc1ccccc1)[C@H](CO[C@@H]1O[C@@H](COS(=O)(=O)[O-])[C@@H](O)[C@H](O)[C@@H]1O)NC(=O)CCCCCCCCCCCCCCC.[Na+]. The summed E-state index contributed by atoms with van der Waals surface area (Å²) >= 11 is 0. The van der Waals surface area contributed by atoms with Crippen LogP contribution in [0.3, 0.4) is 0 Å². The van der Waals surface area contributed by atoms with Crippen LogP contribution in [0.25, 0.3) is 0 Å². The molecule has 7 atom stereocenters. The second kappa shape index (κ2) is 37.3. The fourth-order valence-electron chi connectivity index (χ4n) is 7.57. The third-order valence-electron chi connectivity index (χ3n) is 11.3. The van der Waals surface area contributed by atoms with Gasteiger partial charge in [-0.1, -0.05) is 198 Å². The van der Waals surface area contributed by atoms with Gasteiger partial charge in [0, 0.05) is 6.42 Å². The molecule has 1 aromatic rings. The van der Waals surface area contributed by atoms with E-state index in [9.17, 15) is 33.1 Å². The second-order valence-electron chi connectivity index (χ2n) is 16.7. The Bertz CT molecular complexity index is 1320. The number of aliphatic hydroxyl groups is 3. The molecule has 0 bridgehead atoms. The molecule has 0 spiro atoms. The van der Waals surface area contributed by atoms with Crippen molar-refractivity contribution in [2.45, 2.75) is 230 Å². The number of unbranched alkanes of at least 4 members (excludes halogenated alkanes) is 23. The van der Waals surface area contributed by atoms with Gasteiger partial charge in [0.15, 0.2) is 6.29 Å². The molecule has 1 heterocycles. The van der Waals surface area contributed by atoms with E-state index < -0.39 is 59.9 Å². The molecule has 1 aliphatic heterocycles. The summed E-state index contributed by atoms with van der Waals surface area (Å²) in [6.07, 6.45) is 25.6. The number of carbonyl (C=O) groups is 1. The summed E-state index contributed by atoms with van der Waals surface area (Å²) in [6, 6.07) is 8.94. The van der Waals surface area contributed by atoms with E-state index in [1.54, 1.807) is 0 Å². The summed E-state index contributed by atoms with van der Waals surface area (Å²) in [5, 5.41) is 34.8. The number of ether oxygens (including phenoxy) is 3. The zero-order valence-electron chi connectivity index (χ0n) is 38.1. The molecule has 1 aliphatic rings. The molecule has 348 valence electrons. The monoisotopic (exact) mass is 892 g/mol. The minimum atomic E-state index is -5.12. The van der Waals surface area contributed by atoms with Crippen LogP contribution in [0.15, 0.2) is 42.5 Å². The van der Waals surface area contributed by atoms with Gasteiger partial charge in [0.1, 0.15) is 24.4 Å². The Morgan fingerprint density at radius 1 is 0.738 bits per heavy atom. The Hall–Kier alpha value is -0.940. The van der Waals surface area contributed by atoms with E-state index in [1.165, 1.54) is 116 Å². The van der Waals surface area contributed by atoms with Gasteiger partial charge in [-0.05, 0) is 24.8 Å². The number of nitrogens with one attached hydrogen (secondary N) is 1. The summed E-state index contributed by atoms with van der Waals surface area (Å²) < 4.78 is 55.5. The van der Waals surface area contributed by atoms with Gasteiger partial charge in [0.2, 0.25) is 16.3 Å². The molecule has 1 fully saturated rings. The molecule has 0 unspecified atom stereocenters. The van der Waals surface area contributed by atoms with Crippen LogP contribution in [-0.2, 0) is 40.2 Å². The largest absolute Gasteiger partial charge is 1.00 e. The van der Waals surface area contributed by atoms with Gasteiger partial charge in [-0.3, -0.25) is 8.98 Å². The first-order valence-corrected chi connectivity index (χ1v) is 24.9. The number of allylic oxidation sites excluding steroid dienone is 1. The first-order chi connectivity index (χ1) is 29.1. The van der Waals surface area contributed by atoms with Gasteiger partial charge < -0.3 is 39.4 Å². The van der Waals surface area contributed by atoms with E-state index in [1.807, 2.05) is 36.4 Å². The summed E-state index contributed by atoms with van der Waals surface area (Å²) in [5.41, 5.74) is 0.943. The molecule has 1 aromatic carbocycles. The van der Waals surface area contributed by atoms with Crippen LogP contribution in [0.5, 0.6) is 0 Å². The molecule has 14 heteroatoms. The molecule has 4 N–H and O–H groups in total. The Kier molecular flexibility index (Phi) is 35.5. The minimum Gasteiger partial charge on any atom is -0.726 e. The van der Waals surface area contributed by atoms with Crippen LogP contribution in [0, 0.1) is 0 Å². The van der Waals surface area contributed by atoms with Crippen LogP contribution in [0.1, 0.15) is 186 Å². The number of benzene rings is 1. The smallest absolute Gasteiger partial charge is 0.726 e. The van der Waals surface area contributed by atoms with Crippen molar-refractivity contribution < 1.29 is 81.0 Å². The summed E-state index contributed by atoms with van der Waals surface area (Å²) in [6.45, 7) is 3.64. The normalized spacial score (nSPS) is 20.4. The van der Waals surface area contributed by atoms with Gasteiger partial charge in [-0.15, -0.1) is 0 Å². The maximum atomic E-state index is 13.5. The number of aliphatic hydroxyl groups excluding tert-OH is 3. The Morgan fingerprint density at radius 3 is 1.74 bits per heavy atom. The topological polar surface area (TPSA) is 184 Å². The maximum Gasteiger partial charge on any atom is 1.00 e. The van der Waals surface area contributed by atoms with Crippen molar-refractivity contribution in [2.75, 3.05) is 13.2 Å². The van der Waals surface area contributed by atoms with E-state index >= 15 is 0 Å². The quantitative estimate of drug-likeness (QED) is 0.0198. The number of hydrogen-bond donors (Lipinski definition) is 4. The van der Waals surface area contributed by atoms with Crippen LogP contribution >= 0.6 is 0 Å². The van der Waals surface area contributed by atoms with Gasteiger partial charge in [-0.2, -0.15) is 0 Å². The van der Waals surface area contributed by atoms with Crippen molar-refractivity contribution in [3.05, 3.63) is 48.0 Å². The Morgan fingerprint density at radius 2 is 1.23 bits per heavy atom. The zero-order chi connectivity index (χ0) is 43.7. The Labute approximate surface area is 391 Å². The van der Waals surface area contributed by atoms with Crippen molar-refractivity contribution in [3.8, 4) is 0 Å². The van der Waals surface area contributed by atoms with Crippen molar-refractivity contribution >= 4 is 16.3 Å². The van der Waals surface area contributed by atoms with Crippen LogP contribution in [0.2, 0.25) is 0 Å². The molecule has 12 nitrogen and oxygen atoms in total. The molecule has 1 saturated heterocycles. The summed E-state index contributed by atoms with van der Waals surface area (Å²) in [4.78, 5) is 13.5. The fourth-order valence-corrected chi connectivity index (χ4v) is 7.87. The van der Waals surface area contributed by atoms with Gasteiger partial charge in [0.25, 0.3) is 0 Å². The molecular formula is C47H82NNaO11S. The van der Waals surface area contributed by atoms with Gasteiger partial charge in [-0.25, -0.2) is 8.42 Å². The predicted molar refractivity (Wildman–Crippen MR) is 236 cm³/mol. The first-order valence-electron chi connectivity index (χ1n) is 23.6. The third-order valence-corrected chi connectivity index (χ3v) is 11.7. The minimum absolute atomic E-state index is 0. The Balaban J connectivity index is 0.0000186. The van der Waals surface area contributed by atoms with Gasteiger partial charge >= 0.3 is 29.6 Å². The molecule has 0 radical (unpaired) electrons. The molecule has 1 amide bonds. The average Bonchev–Trinajstić information content (AvgIpc) is 3.23. The molecule has 0 aromatic heterocycles. The number of carbonyl (C=O) groups excluding carboxylic acids is 1. The summed E-state index contributed by atoms with van der Waals surface area (Å²) in [5.74, 6) is -0.175. The second-order valence-corrected chi connectivity index (χ2v) is 17.8. The van der Waals surface area contributed by atoms with Crippen molar-refractivity contribution in [1.82, 2.24) is 5.32 Å². The number of hydrogen-bond acceptors (Lipinski definition) is 11. The van der Waals surface area contributed by atoms with Crippen LogP contribution in [-0.4, -0.2) is 90.3 Å². The number of amides is 1. The number of rotatable bonds is 38. The maximum absolute atomic E-state index is 13.5. The molecule has 0 saturated carbocycles. The van der Waals surface area contributed by atoms with Crippen LogP contribution < -0.4 is 34.9 Å². The average molecular weight is 892 g/mol. The zero-order valence-corrected chi connectivity index (χ0v) is 40.9. The first kappa shape index (κ1) is 58.1. The van der Waals surface area contributed by atoms with E-state index in [0.717, 1.165) is 50.5 Å². The predicted octanol–water partition coefficient (Wildman–Crippen LogP) is 6.10. The molecule has 2 rings (SSSR count). The fraction of sp³-hybridized carbons (Fsp3) is 0.809. The van der Waals surface area contributed by atoms with E-state index in [-0.39, 0.29) is 48.7 Å². The molecule has 0 aliphatic carbocycles. The van der Waals surface area contributed by atoms with Crippen molar-refractivity contribution in [2.24, 2.45) is 0 Å². The van der Waals surface area contributed by atoms with E-state index in [4.69, 9.17) is 14.2 Å². The third kappa shape index (κ3) is 29.3. The van der Waals surface area contributed by atoms with E-state index in [2.05, 4.69) is 29.4 Å². The standard InChI is InChI=1S/C47H83NO11S.Na/c1-3-5-7-9-11-13-15-17-19-21-23-25-30-34-41(56-36-39-32-28-27-29-33-39)40(37-57-47-46(52)45(51)44(50)42(59-47)38-58-60(53,54)55)48-43(49)35-31-26-24-22-20-18-16-14-12-10-8-6-4-2;/h27-30,32-34,40-42,44-47,50-52H,3-26,31,35-38H2,1-2H3,(H,48,49)(H,53,54,55);/q;+1/p-1/b34-30+;/t40-,41+,42-,44+,45-,46-,47+;/m0./s1. The van der Waals surface area contributed by atoms with Crippen molar-refractivity contribution in [1.29, 1.82) is 0 Å².